The number of hydrogen-bond donors (Lipinski definition) is 2. The van der Waals surface area contributed by atoms with Crippen molar-refractivity contribution in [1.82, 2.24) is 10.6 Å². The van der Waals surface area contributed by atoms with Gasteiger partial charge in [-0.1, -0.05) is 6.42 Å². The van der Waals surface area contributed by atoms with Crippen LogP contribution in [-0.4, -0.2) is 30.8 Å². The molecule has 1 saturated heterocycles. The van der Waals surface area contributed by atoms with E-state index in [9.17, 15) is 13.2 Å². The zero-order valence-electron chi connectivity index (χ0n) is 12.3. The first-order chi connectivity index (χ1) is 9.45. The van der Waals surface area contributed by atoms with E-state index in [-0.39, 0.29) is 18.9 Å². The third-order valence-corrected chi connectivity index (χ3v) is 4.76. The fourth-order valence-corrected chi connectivity index (χ4v) is 3.61. The third-order valence-electron chi connectivity index (χ3n) is 4.76. The van der Waals surface area contributed by atoms with E-state index in [1.165, 1.54) is 19.3 Å². The fraction of sp³-hybridized carbons (Fsp3) is 1.00. The Kier molecular flexibility index (Phi) is 5.73. The molecule has 0 aromatic rings. The van der Waals surface area contributed by atoms with Crippen LogP contribution in [0.1, 0.15) is 58.3 Å². The van der Waals surface area contributed by atoms with Crippen molar-refractivity contribution in [3.8, 4) is 0 Å². The summed E-state index contributed by atoms with van der Waals surface area (Å²) < 4.78 is 37.8. The lowest BCUT2D eigenvalue weighted by molar-refractivity contribution is -0.182. The number of alkyl halides is 3. The lowest BCUT2D eigenvalue weighted by atomic mass is 9.85. The van der Waals surface area contributed by atoms with Crippen molar-refractivity contribution < 1.29 is 13.2 Å². The summed E-state index contributed by atoms with van der Waals surface area (Å²) in [6.45, 7) is 3.26. The molecule has 0 aromatic heterocycles. The monoisotopic (exact) mass is 292 g/mol. The SMILES string of the molecule is CC(CC1CCCCN1)NC1CCC(C(F)(F)F)CC1. The molecule has 0 spiro atoms. The summed E-state index contributed by atoms with van der Waals surface area (Å²) in [4.78, 5) is 0. The van der Waals surface area contributed by atoms with Crippen LogP contribution in [0.15, 0.2) is 0 Å². The summed E-state index contributed by atoms with van der Waals surface area (Å²) in [6.07, 6.45) is 2.76. The van der Waals surface area contributed by atoms with Gasteiger partial charge in [0.1, 0.15) is 0 Å². The number of hydrogen-bond acceptors (Lipinski definition) is 2. The molecule has 1 saturated carbocycles. The predicted molar refractivity (Wildman–Crippen MR) is 74.7 cm³/mol. The van der Waals surface area contributed by atoms with Crippen molar-refractivity contribution in [2.75, 3.05) is 6.54 Å². The number of halogens is 3. The molecule has 2 aliphatic rings. The number of piperidine rings is 1. The Labute approximate surface area is 119 Å². The number of nitrogens with one attached hydrogen (secondary N) is 2. The Hall–Kier alpha value is -0.290. The minimum atomic E-state index is -4.00. The maximum Gasteiger partial charge on any atom is 0.391 e. The quantitative estimate of drug-likeness (QED) is 0.827. The Morgan fingerprint density at radius 1 is 1.10 bits per heavy atom. The minimum absolute atomic E-state index is 0.271. The molecule has 1 aliphatic carbocycles. The Morgan fingerprint density at radius 2 is 1.80 bits per heavy atom. The van der Waals surface area contributed by atoms with Gasteiger partial charge in [-0.2, -0.15) is 13.2 Å². The summed E-state index contributed by atoms with van der Waals surface area (Å²) in [5.74, 6) is -1.07. The van der Waals surface area contributed by atoms with Crippen LogP contribution < -0.4 is 10.6 Å². The molecule has 0 radical (unpaired) electrons. The second-order valence-corrected chi connectivity index (χ2v) is 6.54. The van der Waals surface area contributed by atoms with Gasteiger partial charge in [0.2, 0.25) is 0 Å². The molecule has 5 heteroatoms. The Balaban J connectivity index is 1.66. The third kappa shape index (κ3) is 4.92. The molecule has 2 nitrogen and oxygen atoms in total. The summed E-state index contributed by atoms with van der Waals surface area (Å²) in [5.41, 5.74) is 0. The molecule has 1 aliphatic heterocycles. The van der Waals surface area contributed by atoms with Crippen LogP contribution >= 0.6 is 0 Å². The smallest absolute Gasteiger partial charge is 0.314 e. The van der Waals surface area contributed by atoms with E-state index in [0.29, 0.717) is 24.9 Å². The van der Waals surface area contributed by atoms with Crippen molar-refractivity contribution >= 4 is 0 Å². The molecule has 0 amide bonds. The van der Waals surface area contributed by atoms with E-state index in [4.69, 9.17) is 0 Å². The van der Waals surface area contributed by atoms with Gasteiger partial charge in [0, 0.05) is 18.1 Å². The van der Waals surface area contributed by atoms with E-state index < -0.39 is 12.1 Å². The van der Waals surface area contributed by atoms with E-state index >= 15 is 0 Å². The molecule has 2 atom stereocenters. The molecular formula is C15H27F3N2. The van der Waals surface area contributed by atoms with Crippen molar-refractivity contribution in [1.29, 1.82) is 0 Å². The lowest BCUT2D eigenvalue weighted by Crippen LogP contribution is -2.45. The molecule has 2 fully saturated rings. The first kappa shape index (κ1) is 16.1. The van der Waals surface area contributed by atoms with Crippen molar-refractivity contribution in [3.63, 3.8) is 0 Å². The second-order valence-electron chi connectivity index (χ2n) is 6.54. The van der Waals surface area contributed by atoms with E-state index in [2.05, 4.69) is 17.6 Å². The summed E-state index contributed by atoms with van der Waals surface area (Å²) >= 11 is 0. The molecule has 0 aromatic carbocycles. The first-order valence-electron chi connectivity index (χ1n) is 8.01. The molecular weight excluding hydrogens is 265 g/mol. The summed E-state index contributed by atoms with van der Waals surface area (Å²) in [7, 11) is 0. The van der Waals surface area contributed by atoms with Crippen LogP contribution in [0.5, 0.6) is 0 Å². The van der Waals surface area contributed by atoms with Gasteiger partial charge in [0.15, 0.2) is 0 Å². The van der Waals surface area contributed by atoms with Gasteiger partial charge in [-0.25, -0.2) is 0 Å². The average molecular weight is 292 g/mol. The summed E-state index contributed by atoms with van der Waals surface area (Å²) in [5, 5.41) is 7.06. The van der Waals surface area contributed by atoms with Gasteiger partial charge in [0.05, 0.1) is 5.92 Å². The Morgan fingerprint density at radius 3 is 2.35 bits per heavy atom. The average Bonchev–Trinajstić information content (AvgIpc) is 2.39. The largest absolute Gasteiger partial charge is 0.391 e. The van der Waals surface area contributed by atoms with Crippen LogP contribution in [-0.2, 0) is 0 Å². The zero-order chi connectivity index (χ0) is 14.6. The molecule has 1 heterocycles. The molecule has 2 unspecified atom stereocenters. The lowest BCUT2D eigenvalue weighted by Gasteiger charge is -2.33. The maximum atomic E-state index is 12.6. The normalized spacial score (nSPS) is 33.9. The molecule has 2 rings (SSSR count). The second kappa shape index (κ2) is 7.12. The first-order valence-corrected chi connectivity index (χ1v) is 8.01. The molecule has 2 N–H and O–H groups in total. The predicted octanol–water partition coefficient (Wildman–Crippen LogP) is 3.62. The van der Waals surface area contributed by atoms with Gasteiger partial charge in [0.25, 0.3) is 0 Å². The van der Waals surface area contributed by atoms with E-state index in [0.717, 1.165) is 13.0 Å². The van der Waals surface area contributed by atoms with Crippen LogP contribution in [0.4, 0.5) is 13.2 Å². The van der Waals surface area contributed by atoms with Crippen LogP contribution in [0, 0.1) is 5.92 Å². The molecule has 118 valence electrons. The maximum absolute atomic E-state index is 12.6. The highest BCUT2D eigenvalue weighted by atomic mass is 19.4. The van der Waals surface area contributed by atoms with Gasteiger partial charge in [-0.05, 0) is 58.4 Å². The summed E-state index contributed by atoms with van der Waals surface area (Å²) in [6, 6.07) is 1.24. The molecule has 20 heavy (non-hydrogen) atoms. The van der Waals surface area contributed by atoms with Crippen molar-refractivity contribution in [3.05, 3.63) is 0 Å². The fourth-order valence-electron chi connectivity index (χ4n) is 3.61. The van der Waals surface area contributed by atoms with Crippen LogP contribution in [0.3, 0.4) is 0 Å². The van der Waals surface area contributed by atoms with Gasteiger partial charge < -0.3 is 10.6 Å². The highest BCUT2D eigenvalue weighted by molar-refractivity contribution is 4.84. The zero-order valence-corrected chi connectivity index (χ0v) is 12.3. The number of rotatable bonds is 4. The van der Waals surface area contributed by atoms with E-state index in [1.54, 1.807) is 0 Å². The van der Waals surface area contributed by atoms with Gasteiger partial charge in [-0.15, -0.1) is 0 Å². The van der Waals surface area contributed by atoms with E-state index in [1.807, 2.05) is 0 Å². The van der Waals surface area contributed by atoms with Crippen LogP contribution in [0.25, 0.3) is 0 Å². The van der Waals surface area contributed by atoms with Crippen molar-refractivity contribution in [2.45, 2.75) is 82.6 Å². The van der Waals surface area contributed by atoms with Gasteiger partial charge >= 0.3 is 6.18 Å². The minimum Gasteiger partial charge on any atom is -0.314 e. The van der Waals surface area contributed by atoms with Crippen LogP contribution in [0.2, 0.25) is 0 Å². The van der Waals surface area contributed by atoms with Crippen molar-refractivity contribution in [2.24, 2.45) is 5.92 Å². The Bertz CT molecular complexity index is 279. The topological polar surface area (TPSA) is 24.1 Å². The molecule has 0 bridgehead atoms. The highest BCUT2D eigenvalue weighted by Crippen LogP contribution is 2.37. The highest BCUT2D eigenvalue weighted by Gasteiger charge is 2.41. The van der Waals surface area contributed by atoms with Gasteiger partial charge in [-0.3, -0.25) is 0 Å². The standard InChI is InChI=1S/C15H27F3N2/c1-11(10-14-4-2-3-9-19-14)20-13-7-5-12(6-8-13)15(16,17)18/h11-14,19-20H,2-10H2,1H3.